The maximum Gasteiger partial charge on any atom is 0.215 e. The molecular formula is C12H26N2O3S. The van der Waals surface area contributed by atoms with Crippen molar-refractivity contribution in [2.24, 2.45) is 0 Å². The van der Waals surface area contributed by atoms with Crippen LogP contribution in [0.1, 0.15) is 40.0 Å². The summed E-state index contributed by atoms with van der Waals surface area (Å²) in [5.74, 6) is 0. The summed E-state index contributed by atoms with van der Waals surface area (Å²) in [6.07, 6.45) is 2.93. The van der Waals surface area contributed by atoms with Crippen LogP contribution in [0.15, 0.2) is 0 Å². The fourth-order valence-corrected chi connectivity index (χ4v) is 3.09. The molecule has 0 amide bonds. The fraction of sp³-hybridized carbons (Fsp3) is 1.00. The second-order valence-electron chi connectivity index (χ2n) is 5.28. The first-order chi connectivity index (χ1) is 8.40. The van der Waals surface area contributed by atoms with Gasteiger partial charge in [-0.25, -0.2) is 13.1 Å². The number of hydrogen-bond donors (Lipinski definition) is 2. The third-order valence-corrected chi connectivity index (χ3v) is 5.11. The molecule has 18 heavy (non-hydrogen) atoms. The summed E-state index contributed by atoms with van der Waals surface area (Å²) in [6.45, 7) is 8.18. The van der Waals surface area contributed by atoms with Crippen LogP contribution in [0.2, 0.25) is 0 Å². The summed E-state index contributed by atoms with van der Waals surface area (Å²) in [5.41, 5.74) is -0.330. The van der Waals surface area contributed by atoms with Crippen molar-refractivity contribution in [1.82, 2.24) is 10.0 Å². The highest BCUT2D eigenvalue weighted by molar-refractivity contribution is 7.90. The minimum atomic E-state index is -3.26. The molecule has 0 aromatic carbocycles. The Kier molecular flexibility index (Phi) is 6.04. The van der Waals surface area contributed by atoms with Gasteiger partial charge in [-0.1, -0.05) is 6.92 Å². The molecule has 0 radical (unpaired) electrons. The third kappa shape index (κ3) is 4.84. The quantitative estimate of drug-likeness (QED) is 0.646. The third-order valence-electron chi connectivity index (χ3n) is 3.34. The zero-order chi connectivity index (χ0) is 13.6. The van der Waals surface area contributed by atoms with Gasteiger partial charge in [-0.05, 0) is 39.7 Å². The molecule has 2 N–H and O–H groups in total. The molecule has 1 aliphatic rings. The van der Waals surface area contributed by atoms with E-state index in [0.717, 1.165) is 32.4 Å². The van der Waals surface area contributed by atoms with E-state index < -0.39 is 15.3 Å². The maximum absolute atomic E-state index is 12.0. The molecule has 0 aromatic rings. The molecule has 5 nitrogen and oxygen atoms in total. The SMILES string of the molecule is CCCNCC(C)S(=O)(=O)NCC1(C)CCCO1. The topological polar surface area (TPSA) is 67.4 Å². The normalized spacial score (nSPS) is 26.4. The van der Waals surface area contributed by atoms with Gasteiger partial charge in [-0.2, -0.15) is 0 Å². The van der Waals surface area contributed by atoms with Gasteiger partial charge in [0.2, 0.25) is 10.0 Å². The molecule has 2 unspecified atom stereocenters. The summed E-state index contributed by atoms with van der Waals surface area (Å²) in [5, 5.41) is 2.71. The van der Waals surface area contributed by atoms with E-state index in [-0.39, 0.29) is 5.60 Å². The minimum Gasteiger partial charge on any atom is -0.374 e. The second-order valence-corrected chi connectivity index (χ2v) is 7.47. The van der Waals surface area contributed by atoms with Crippen molar-refractivity contribution in [2.75, 3.05) is 26.2 Å². The highest BCUT2D eigenvalue weighted by Crippen LogP contribution is 2.24. The van der Waals surface area contributed by atoms with Gasteiger partial charge < -0.3 is 10.1 Å². The van der Waals surface area contributed by atoms with Gasteiger partial charge >= 0.3 is 0 Å². The first kappa shape index (κ1) is 15.9. The Hall–Kier alpha value is -0.170. The van der Waals surface area contributed by atoms with Crippen LogP contribution < -0.4 is 10.0 Å². The molecule has 0 saturated carbocycles. The molecule has 0 bridgehead atoms. The highest BCUT2D eigenvalue weighted by atomic mass is 32.2. The van der Waals surface area contributed by atoms with Gasteiger partial charge in [0.15, 0.2) is 0 Å². The minimum absolute atomic E-state index is 0.330. The van der Waals surface area contributed by atoms with E-state index in [1.54, 1.807) is 6.92 Å². The predicted molar refractivity (Wildman–Crippen MR) is 73.1 cm³/mol. The van der Waals surface area contributed by atoms with E-state index in [2.05, 4.69) is 17.0 Å². The van der Waals surface area contributed by atoms with Gasteiger partial charge in [0.25, 0.3) is 0 Å². The molecule has 1 rings (SSSR count). The van der Waals surface area contributed by atoms with Crippen molar-refractivity contribution in [2.45, 2.75) is 50.9 Å². The average Bonchev–Trinajstić information content (AvgIpc) is 2.75. The molecule has 0 aromatic heterocycles. The summed E-state index contributed by atoms with van der Waals surface area (Å²) in [6, 6.07) is 0. The molecule has 1 saturated heterocycles. The molecule has 6 heteroatoms. The summed E-state index contributed by atoms with van der Waals surface area (Å²) in [7, 11) is -3.26. The fourth-order valence-electron chi connectivity index (χ4n) is 1.96. The van der Waals surface area contributed by atoms with Crippen LogP contribution >= 0.6 is 0 Å². The van der Waals surface area contributed by atoms with Crippen LogP contribution in [0.3, 0.4) is 0 Å². The average molecular weight is 278 g/mol. The number of hydrogen-bond acceptors (Lipinski definition) is 4. The van der Waals surface area contributed by atoms with E-state index in [1.807, 2.05) is 6.92 Å². The van der Waals surface area contributed by atoms with Crippen molar-refractivity contribution in [1.29, 1.82) is 0 Å². The number of sulfonamides is 1. The lowest BCUT2D eigenvalue weighted by Crippen LogP contribution is -2.45. The Morgan fingerprint density at radius 2 is 2.17 bits per heavy atom. The van der Waals surface area contributed by atoms with Gasteiger partial charge in [-0.3, -0.25) is 0 Å². The number of nitrogens with one attached hydrogen (secondary N) is 2. The Balaban J connectivity index is 2.38. The van der Waals surface area contributed by atoms with Gasteiger partial charge in [0, 0.05) is 19.7 Å². The first-order valence-corrected chi connectivity index (χ1v) is 8.27. The molecule has 0 aliphatic carbocycles. The van der Waals surface area contributed by atoms with Crippen molar-refractivity contribution < 1.29 is 13.2 Å². The van der Waals surface area contributed by atoms with Gasteiger partial charge in [0.05, 0.1) is 10.9 Å². The Morgan fingerprint density at radius 3 is 2.72 bits per heavy atom. The van der Waals surface area contributed by atoms with E-state index in [4.69, 9.17) is 4.74 Å². The van der Waals surface area contributed by atoms with Crippen LogP contribution in [0.25, 0.3) is 0 Å². The zero-order valence-corrected chi connectivity index (χ0v) is 12.5. The zero-order valence-electron chi connectivity index (χ0n) is 11.7. The number of rotatable bonds is 8. The van der Waals surface area contributed by atoms with E-state index in [9.17, 15) is 8.42 Å². The van der Waals surface area contributed by atoms with Crippen molar-refractivity contribution in [3.63, 3.8) is 0 Å². The van der Waals surface area contributed by atoms with Gasteiger partial charge in [0.1, 0.15) is 0 Å². The van der Waals surface area contributed by atoms with E-state index >= 15 is 0 Å². The van der Waals surface area contributed by atoms with Crippen molar-refractivity contribution in [3.05, 3.63) is 0 Å². The molecule has 108 valence electrons. The predicted octanol–water partition coefficient (Wildman–Crippen LogP) is 0.863. The van der Waals surface area contributed by atoms with Crippen LogP contribution in [-0.2, 0) is 14.8 Å². The smallest absolute Gasteiger partial charge is 0.215 e. The summed E-state index contributed by atoms with van der Waals surface area (Å²) >= 11 is 0. The Bertz CT molecular complexity index is 337. The molecule has 0 spiro atoms. The lowest BCUT2D eigenvalue weighted by Gasteiger charge is -2.24. The van der Waals surface area contributed by atoms with Crippen LogP contribution in [0.5, 0.6) is 0 Å². The maximum atomic E-state index is 12.0. The van der Waals surface area contributed by atoms with Crippen LogP contribution in [0, 0.1) is 0 Å². The second kappa shape index (κ2) is 6.84. The van der Waals surface area contributed by atoms with Crippen molar-refractivity contribution in [3.8, 4) is 0 Å². The standard InChI is InChI=1S/C12H26N2O3S/c1-4-7-13-9-11(2)18(15,16)14-10-12(3)6-5-8-17-12/h11,13-14H,4-10H2,1-3H3. The molecule has 2 atom stereocenters. The Morgan fingerprint density at radius 1 is 1.44 bits per heavy atom. The van der Waals surface area contributed by atoms with Crippen molar-refractivity contribution >= 4 is 10.0 Å². The van der Waals surface area contributed by atoms with Crippen LogP contribution in [0.4, 0.5) is 0 Å². The molecule has 1 fully saturated rings. The van der Waals surface area contributed by atoms with E-state index in [0.29, 0.717) is 13.1 Å². The monoisotopic (exact) mass is 278 g/mol. The largest absolute Gasteiger partial charge is 0.374 e. The van der Waals surface area contributed by atoms with Crippen LogP contribution in [-0.4, -0.2) is 45.5 Å². The number of ether oxygens (including phenoxy) is 1. The lowest BCUT2D eigenvalue weighted by molar-refractivity contribution is 0.0250. The molecule has 1 aliphatic heterocycles. The lowest BCUT2D eigenvalue weighted by atomic mass is 10.0. The summed E-state index contributed by atoms with van der Waals surface area (Å²) in [4.78, 5) is 0. The molecule has 1 heterocycles. The van der Waals surface area contributed by atoms with Gasteiger partial charge in [-0.15, -0.1) is 0 Å². The molecular weight excluding hydrogens is 252 g/mol. The Labute approximate surface area is 111 Å². The highest BCUT2D eigenvalue weighted by Gasteiger charge is 2.32. The summed E-state index contributed by atoms with van der Waals surface area (Å²) < 4.78 is 32.3. The first-order valence-electron chi connectivity index (χ1n) is 6.73. The van der Waals surface area contributed by atoms with E-state index in [1.165, 1.54) is 0 Å².